The average molecular weight is 385 g/mol. The number of hydrogen-bond acceptors (Lipinski definition) is 3. The van der Waals surface area contributed by atoms with Crippen LogP contribution in [-0.4, -0.2) is 32.7 Å². The Balaban J connectivity index is 1.60. The molecule has 0 radical (unpaired) electrons. The van der Waals surface area contributed by atoms with Crippen molar-refractivity contribution >= 4 is 26.7 Å². The van der Waals surface area contributed by atoms with Crippen molar-refractivity contribution in [1.82, 2.24) is 15.6 Å². The molecule has 27 heavy (non-hydrogen) atoms. The number of benzene rings is 2. The average Bonchev–Trinajstić information content (AvgIpc) is 3.03. The van der Waals surface area contributed by atoms with E-state index < -0.39 is 9.84 Å². The van der Waals surface area contributed by atoms with Crippen molar-refractivity contribution in [3.05, 3.63) is 65.4 Å². The van der Waals surface area contributed by atoms with Crippen molar-refractivity contribution in [3.63, 3.8) is 0 Å². The van der Waals surface area contributed by atoms with Crippen LogP contribution in [0.3, 0.4) is 0 Å². The predicted octanol–water partition coefficient (Wildman–Crippen LogP) is 2.75. The third-order valence-corrected chi connectivity index (χ3v) is 5.61. The van der Waals surface area contributed by atoms with E-state index in [2.05, 4.69) is 38.8 Å². The maximum atomic E-state index is 11.7. The number of para-hydroxylation sites is 1. The summed E-state index contributed by atoms with van der Waals surface area (Å²) in [6, 6.07) is 15.6. The van der Waals surface area contributed by atoms with Gasteiger partial charge in [-0.05, 0) is 41.6 Å². The van der Waals surface area contributed by atoms with E-state index >= 15 is 0 Å². The molecule has 7 heteroatoms. The van der Waals surface area contributed by atoms with Crippen LogP contribution in [0, 0.1) is 6.92 Å². The lowest BCUT2D eigenvalue weighted by Gasteiger charge is -2.12. The Bertz CT molecular complexity index is 1050. The van der Waals surface area contributed by atoms with E-state index in [9.17, 15) is 8.42 Å². The van der Waals surface area contributed by atoms with Crippen LogP contribution >= 0.6 is 0 Å². The largest absolute Gasteiger partial charge is 0.357 e. The highest BCUT2D eigenvalue weighted by molar-refractivity contribution is 7.90. The van der Waals surface area contributed by atoms with E-state index in [4.69, 9.17) is 0 Å². The molecule has 0 saturated carbocycles. The highest BCUT2D eigenvalue weighted by Crippen LogP contribution is 2.17. The molecule has 0 unspecified atom stereocenters. The maximum absolute atomic E-state index is 11.7. The van der Waals surface area contributed by atoms with Crippen molar-refractivity contribution in [2.45, 2.75) is 24.9 Å². The SMILES string of the molecule is CN=C(NCc1ccc(S(C)(=O)=O)c(C)c1)NCc1cc2ccccc2[nH]1. The van der Waals surface area contributed by atoms with Gasteiger partial charge in [0.05, 0.1) is 11.4 Å². The first-order chi connectivity index (χ1) is 12.9. The van der Waals surface area contributed by atoms with Crippen LogP contribution in [0.2, 0.25) is 0 Å². The number of aromatic amines is 1. The van der Waals surface area contributed by atoms with E-state index in [0.717, 1.165) is 22.3 Å². The van der Waals surface area contributed by atoms with E-state index in [1.165, 1.54) is 11.6 Å². The summed E-state index contributed by atoms with van der Waals surface area (Å²) in [6.07, 6.45) is 1.23. The predicted molar refractivity (Wildman–Crippen MR) is 110 cm³/mol. The molecule has 2 aromatic carbocycles. The summed E-state index contributed by atoms with van der Waals surface area (Å²) < 4.78 is 23.4. The molecule has 0 aliphatic heterocycles. The summed E-state index contributed by atoms with van der Waals surface area (Å²) in [5.74, 6) is 0.679. The fraction of sp³-hybridized carbons (Fsp3) is 0.250. The summed E-state index contributed by atoms with van der Waals surface area (Å²) in [5, 5.41) is 7.71. The minimum atomic E-state index is -3.20. The Morgan fingerprint density at radius 1 is 1.07 bits per heavy atom. The number of hydrogen-bond donors (Lipinski definition) is 3. The van der Waals surface area contributed by atoms with Gasteiger partial charge < -0.3 is 15.6 Å². The standard InChI is InChI=1S/C20H24N4O2S/c1-14-10-15(8-9-19(14)27(3,25)26)12-22-20(21-2)23-13-17-11-16-6-4-5-7-18(16)24-17/h4-11,24H,12-13H2,1-3H3,(H2,21,22,23). The van der Waals surface area contributed by atoms with Gasteiger partial charge in [-0.1, -0.05) is 30.3 Å². The molecule has 0 atom stereocenters. The molecule has 3 N–H and O–H groups in total. The molecular formula is C20H24N4O2S. The first-order valence-electron chi connectivity index (χ1n) is 8.67. The second-order valence-electron chi connectivity index (χ2n) is 6.53. The smallest absolute Gasteiger partial charge is 0.191 e. The molecule has 0 aliphatic rings. The Morgan fingerprint density at radius 2 is 1.81 bits per heavy atom. The monoisotopic (exact) mass is 384 g/mol. The molecule has 142 valence electrons. The zero-order valence-corrected chi connectivity index (χ0v) is 16.5. The lowest BCUT2D eigenvalue weighted by molar-refractivity contribution is 0.601. The van der Waals surface area contributed by atoms with Crippen LogP contribution in [0.15, 0.2) is 58.4 Å². The van der Waals surface area contributed by atoms with Gasteiger partial charge in [-0.25, -0.2) is 8.42 Å². The van der Waals surface area contributed by atoms with Gasteiger partial charge in [0.15, 0.2) is 15.8 Å². The Kier molecular flexibility index (Phi) is 5.51. The first kappa shape index (κ1) is 19.0. The summed E-state index contributed by atoms with van der Waals surface area (Å²) >= 11 is 0. The molecule has 3 rings (SSSR count). The van der Waals surface area contributed by atoms with Gasteiger partial charge in [0.25, 0.3) is 0 Å². The van der Waals surface area contributed by atoms with Crippen LogP contribution in [0.5, 0.6) is 0 Å². The number of sulfone groups is 1. The van der Waals surface area contributed by atoms with E-state index in [1.54, 1.807) is 13.1 Å². The summed E-state index contributed by atoms with van der Waals surface area (Å²) in [5.41, 5.74) is 3.93. The maximum Gasteiger partial charge on any atom is 0.191 e. The number of aliphatic imine (C=N–C) groups is 1. The number of guanidine groups is 1. The lowest BCUT2D eigenvalue weighted by atomic mass is 10.1. The molecule has 0 aliphatic carbocycles. The van der Waals surface area contributed by atoms with Gasteiger partial charge in [0.1, 0.15) is 0 Å². The molecule has 0 amide bonds. The van der Waals surface area contributed by atoms with Gasteiger partial charge in [0.2, 0.25) is 0 Å². The highest BCUT2D eigenvalue weighted by atomic mass is 32.2. The number of H-pyrrole nitrogens is 1. The summed E-state index contributed by atoms with van der Waals surface area (Å²) in [6.45, 7) is 2.99. The molecule has 1 heterocycles. The Labute approximate surface area is 159 Å². The van der Waals surface area contributed by atoms with Crippen molar-refractivity contribution in [3.8, 4) is 0 Å². The molecule has 1 aromatic heterocycles. The Hall–Kier alpha value is -2.80. The molecule has 3 aromatic rings. The lowest BCUT2D eigenvalue weighted by Crippen LogP contribution is -2.36. The fourth-order valence-corrected chi connectivity index (χ4v) is 4.01. The van der Waals surface area contributed by atoms with Crippen LogP contribution in [0.4, 0.5) is 0 Å². The topological polar surface area (TPSA) is 86.3 Å². The van der Waals surface area contributed by atoms with Crippen molar-refractivity contribution in [2.24, 2.45) is 4.99 Å². The number of nitrogens with one attached hydrogen (secondary N) is 3. The number of fused-ring (bicyclic) bond motifs is 1. The zero-order valence-electron chi connectivity index (χ0n) is 15.7. The molecule has 6 nitrogen and oxygen atoms in total. The van der Waals surface area contributed by atoms with Crippen LogP contribution in [0.25, 0.3) is 10.9 Å². The van der Waals surface area contributed by atoms with Gasteiger partial charge in [-0.2, -0.15) is 0 Å². The molecular weight excluding hydrogens is 360 g/mol. The number of aromatic nitrogens is 1. The van der Waals surface area contributed by atoms with Gasteiger partial charge in [0, 0.05) is 31.1 Å². The second kappa shape index (κ2) is 7.84. The van der Waals surface area contributed by atoms with Crippen LogP contribution in [-0.2, 0) is 22.9 Å². The third kappa shape index (κ3) is 4.68. The zero-order chi connectivity index (χ0) is 19.4. The molecule has 0 saturated heterocycles. The number of nitrogens with zero attached hydrogens (tertiary/aromatic N) is 1. The van der Waals surface area contributed by atoms with Crippen molar-refractivity contribution in [2.75, 3.05) is 13.3 Å². The molecule has 0 bridgehead atoms. The van der Waals surface area contributed by atoms with Crippen LogP contribution < -0.4 is 10.6 Å². The van der Waals surface area contributed by atoms with Gasteiger partial charge >= 0.3 is 0 Å². The minimum absolute atomic E-state index is 0.368. The third-order valence-electron chi connectivity index (χ3n) is 4.35. The number of rotatable bonds is 5. The highest BCUT2D eigenvalue weighted by Gasteiger charge is 2.11. The first-order valence-corrected chi connectivity index (χ1v) is 10.6. The fourth-order valence-electron chi connectivity index (χ4n) is 3.05. The second-order valence-corrected chi connectivity index (χ2v) is 8.52. The van der Waals surface area contributed by atoms with Crippen molar-refractivity contribution in [1.29, 1.82) is 0 Å². The van der Waals surface area contributed by atoms with E-state index in [-0.39, 0.29) is 0 Å². The van der Waals surface area contributed by atoms with Gasteiger partial charge in [-0.3, -0.25) is 4.99 Å². The van der Waals surface area contributed by atoms with Crippen molar-refractivity contribution < 1.29 is 8.42 Å². The normalized spacial score (nSPS) is 12.3. The van der Waals surface area contributed by atoms with E-state index in [0.29, 0.717) is 23.9 Å². The Morgan fingerprint density at radius 3 is 2.48 bits per heavy atom. The van der Waals surface area contributed by atoms with Crippen LogP contribution in [0.1, 0.15) is 16.8 Å². The van der Waals surface area contributed by atoms with Gasteiger partial charge in [-0.15, -0.1) is 0 Å². The molecule has 0 spiro atoms. The summed E-state index contributed by atoms with van der Waals surface area (Å²) in [7, 11) is -1.48. The molecule has 0 fully saturated rings. The summed E-state index contributed by atoms with van der Waals surface area (Å²) in [4.78, 5) is 7.98. The quantitative estimate of drug-likeness (QED) is 0.466. The number of aryl methyl sites for hydroxylation is 1. The van der Waals surface area contributed by atoms with E-state index in [1.807, 2.05) is 31.2 Å². The minimum Gasteiger partial charge on any atom is -0.357 e.